The van der Waals surface area contributed by atoms with Crippen molar-refractivity contribution in [1.29, 1.82) is 0 Å². The molecule has 2 aromatic heterocycles. The minimum absolute atomic E-state index is 0.0474. The molecule has 0 saturated heterocycles. The molecule has 0 radical (unpaired) electrons. The number of benzene rings is 3. The molecule has 35 heavy (non-hydrogen) atoms. The molecule has 3 aromatic carbocycles. The van der Waals surface area contributed by atoms with E-state index in [9.17, 15) is 4.79 Å². The van der Waals surface area contributed by atoms with Crippen molar-refractivity contribution in [3.8, 4) is 0 Å². The average molecular weight is 482 g/mol. The third-order valence-electron chi connectivity index (χ3n) is 6.78. The van der Waals surface area contributed by atoms with Crippen molar-refractivity contribution in [3.05, 3.63) is 95.3 Å². The molecule has 3 N–H and O–H groups in total. The maximum Gasteiger partial charge on any atom is 0.224 e. The number of anilines is 1. The molecule has 5 heteroatoms. The Kier molecular flexibility index (Phi) is 6.69. The van der Waals surface area contributed by atoms with Gasteiger partial charge in [0.2, 0.25) is 5.91 Å². The fraction of sp³-hybridized carbons (Fsp3) is 0.233. The number of hydrogen-bond donors (Lipinski definition) is 3. The van der Waals surface area contributed by atoms with Crippen LogP contribution in [0.2, 0.25) is 0 Å². The molecule has 1 amide bonds. The highest BCUT2D eigenvalue weighted by atomic mass is 32.2. The summed E-state index contributed by atoms with van der Waals surface area (Å²) < 4.78 is 0. The van der Waals surface area contributed by atoms with E-state index in [-0.39, 0.29) is 11.8 Å². The van der Waals surface area contributed by atoms with Gasteiger partial charge in [-0.05, 0) is 60.4 Å². The first-order valence-corrected chi connectivity index (χ1v) is 13.2. The van der Waals surface area contributed by atoms with E-state index in [1.54, 1.807) is 11.8 Å². The highest BCUT2D eigenvalue weighted by Gasteiger charge is 2.23. The number of fused-ring (bicyclic) bond motifs is 2. The third-order valence-corrected chi connectivity index (χ3v) is 7.74. The number of amides is 1. The fourth-order valence-electron chi connectivity index (χ4n) is 5.05. The van der Waals surface area contributed by atoms with Crippen LogP contribution in [0.25, 0.3) is 21.8 Å². The Hall–Kier alpha value is -3.44. The number of thioether (sulfide) groups is 1. The lowest BCUT2D eigenvalue weighted by molar-refractivity contribution is -0.116. The second-order valence-electron chi connectivity index (χ2n) is 9.05. The fourth-order valence-corrected chi connectivity index (χ4v) is 5.81. The molecule has 0 saturated carbocycles. The van der Waals surface area contributed by atoms with E-state index in [0.29, 0.717) is 6.42 Å². The largest absolute Gasteiger partial charge is 0.361 e. The lowest BCUT2D eigenvalue weighted by atomic mass is 9.86. The van der Waals surface area contributed by atoms with Gasteiger partial charge in [0.25, 0.3) is 0 Å². The van der Waals surface area contributed by atoms with E-state index < -0.39 is 0 Å². The van der Waals surface area contributed by atoms with Crippen LogP contribution in [0.3, 0.4) is 0 Å². The second-order valence-corrected chi connectivity index (χ2v) is 10.4. The Balaban J connectivity index is 1.48. The van der Waals surface area contributed by atoms with Crippen LogP contribution in [0.1, 0.15) is 47.9 Å². The Labute approximate surface area is 210 Å². The summed E-state index contributed by atoms with van der Waals surface area (Å²) in [5.74, 6) is 1.10. The quantitative estimate of drug-likeness (QED) is 0.197. The molecule has 0 atom stereocenters. The molecule has 5 aromatic rings. The number of carbonyl (C=O) groups excluding carboxylic acids is 1. The van der Waals surface area contributed by atoms with Crippen molar-refractivity contribution in [1.82, 2.24) is 9.97 Å². The first-order valence-electron chi connectivity index (χ1n) is 12.2. The molecule has 0 spiro atoms. The van der Waals surface area contributed by atoms with Gasteiger partial charge < -0.3 is 15.3 Å². The first-order chi connectivity index (χ1) is 17.1. The van der Waals surface area contributed by atoms with Crippen molar-refractivity contribution in [2.75, 3.05) is 11.1 Å². The molecule has 4 nitrogen and oxygen atoms in total. The zero-order valence-electron chi connectivity index (χ0n) is 20.4. The van der Waals surface area contributed by atoms with Crippen molar-refractivity contribution in [3.63, 3.8) is 0 Å². The molecule has 0 aliphatic carbocycles. The third kappa shape index (κ3) is 4.61. The van der Waals surface area contributed by atoms with Gasteiger partial charge in [-0.2, -0.15) is 0 Å². The molecular weight excluding hydrogens is 450 g/mol. The minimum atomic E-state index is 0.0474. The topological polar surface area (TPSA) is 60.7 Å². The normalized spacial score (nSPS) is 11.5. The summed E-state index contributed by atoms with van der Waals surface area (Å²) in [5, 5.41) is 5.61. The van der Waals surface area contributed by atoms with Crippen LogP contribution < -0.4 is 5.32 Å². The number of aryl methyl sites for hydroxylation is 2. The van der Waals surface area contributed by atoms with Crippen LogP contribution >= 0.6 is 11.8 Å². The zero-order valence-corrected chi connectivity index (χ0v) is 21.3. The molecule has 0 unspecified atom stereocenters. The smallest absolute Gasteiger partial charge is 0.224 e. The summed E-state index contributed by atoms with van der Waals surface area (Å²) in [4.78, 5) is 21.2. The van der Waals surface area contributed by atoms with Gasteiger partial charge in [0, 0.05) is 51.4 Å². The number of aromatic amines is 2. The van der Waals surface area contributed by atoms with Crippen molar-refractivity contribution >= 4 is 45.2 Å². The second kappa shape index (κ2) is 10.0. The summed E-state index contributed by atoms with van der Waals surface area (Å²) >= 11 is 1.75. The van der Waals surface area contributed by atoms with E-state index in [2.05, 4.69) is 90.9 Å². The maximum absolute atomic E-state index is 13.1. The van der Waals surface area contributed by atoms with E-state index in [0.717, 1.165) is 22.8 Å². The summed E-state index contributed by atoms with van der Waals surface area (Å²) in [6, 6.07) is 20.9. The summed E-state index contributed by atoms with van der Waals surface area (Å²) in [6.45, 7) is 6.39. The average Bonchev–Trinajstić information content (AvgIpc) is 3.48. The molecule has 0 aliphatic heterocycles. The molecule has 0 bridgehead atoms. The number of hydrogen-bond acceptors (Lipinski definition) is 2. The zero-order chi connectivity index (χ0) is 24.4. The van der Waals surface area contributed by atoms with E-state index in [1.807, 2.05) is 18.2 Å². The Bertz CT molecular complexity index is 1420. The lowest BCUT2D eigenvalue weighted by Crippen LogP contribution is -2.14. The van der Waals surface area contributed by atoms with E-state index in [4.69, 9.17) is 0 Å². The SMILES string of the molecule is CCSc1ccccc1NC(=O)CCC(c1c[nH]c2c(C)cccc12)c1c[nH]c2c(C)cccc12. The molecule has 2 heterocycles. The maximum atomic E-state index is 13.1. The van der Waals surface area contributed by atoms with Gasteiger partial charge in [-0.3, -0.25) is 4.79 Å². The van der Waals surface area contributed by atoms with Crippen molar-refractivity contribution < 1.29 is 4.79 Å². The number of rotatable bonds is 8. The monoisotopic (exact) mass is 481 g/mol. The highest BCUT2D eigenvalue weighted by molar-refractivity contribution is 7.99. The van der Waals surface area contributed by atoms with Crippen LogP contribution in [-0.2, 0) is 4.79 Å². The number of H-pyrrole nitrogens is 2. The molecule has 5 rings (SSSR count). The van der Waals surface area contributed by atoms with Crippen LogP contribution in [0.4, 0.5) is 5.69 Å². The predicted molar refractivity (Wildman–Crippen MR) is 149 cm³/mol. The lowest BCUT2D eigenvalue weighted by Gasteiger charge is -2.17. The Morgan fingerprint density at radius 3 is 2.06 bits per heavy atom. The van der Waals surface area contributed by atoms with Crippen molar-refractivity contribution in [2.24, 2.45) is 0 Å². The Morgan fingerprint density at radius 2 is 1.46 bits per heavy atom. The van der Waals surface area contributed by atoms with Gasteiger partial charge in [0.05, 0.1) is 5.69 Å². The van der Waals surface area contributed by atoms with Crippen LogP contribution in [0.5, 0.6) is 0 Å². The van der Waals surface area contributed by atoms with E-state index in [1.165, 1.54) is 44.1 Å². The van der Waals surface area contributed by atoms with Crippen LogP contribution in [-0.4, -0.2) is 21.6 Å². The first kappa shape index (κ1) is 23.3. The standard InChI is InChI=1S/C30H31N3OS/c1-4-35-27-14-6-5-13-26(27)33-28(34)16-15-21(24-17-31-29-19(2)9-7-11-22(24)29)25-18-32-30-20(3)10-8-12-23(25)30/h5-14,17-18,21,31-32H,4,15-16H2,1-3H3,(H,33,34). The molecule has 0 fully saturated rings. The summed E-state index contributed by atoms with van der Waals surface area (Å²) in [7, 11) is 0. The van der Waals surface area contributed by atoms with Crippen LogP contribution in [0.15, 0.2) is 78.0 Å². The summed E-state index contributed by atoms with van der Waals surface area (Å²) in [6.07, 6.45) is 5.41. The number of para-hydroxylation sites is 3. The van der Waals surface area contributed by atoms with Crippen molar-refractivity contribution in [2.45, 2.75) is 44.4 Å². The van der Waals surface area contributed by atoms with Gasteiger partial charge in [-0.1, -0.05) is 55.5 Å². The number of nitrogens with one attached hydrogen (secondary N) is 3. The summed E-state index contributed by atoms with van der Waals surface area (Å²) in [5.41, 5.74) is 8.15. The molecular formula is C30H31N3OS. The van der Waals surface area contributed by atoms with Gasteiger partial charge in [-0.25, -0.2) is 0 Å². The minimum Gasteiger partial charge on any atom is -0.361 e. The highest BCUT2D eigenvalue weighted by Crippen LogP contribution is 2.39. The van der Waals surface area contributed by atoms with Gasteiger partial charge >= 0.3 is 0 Å². The van der Waals surface area contributed by atoms with Gasteiger partial charge in [0.1, 0.15) is 0 Å². The number of carbonyl (C=O) groups is 1. The predicted octanol–water partition coefficient (Wildman–Crippen LogP) is 7.93. The van der Waals surface area contributed by atoms with Gasteiger partial charge in [0.15, 0.2) is 0 Å². The van der Waals surface area contributed by atoms with Gasteiger partial charge in [-0.15, -0.1) is 11.8 Å². The Morgan fingerprint density at radius 1 is 0.857 bits per heavy atom. The molecule has 0 aliphatic rings. The van der Waals surface area contributed by atoms with E-state index >= 15 is 0 Å². The number of aromatic nitrogens is 2. The molecule has 178 valence electrons. The van der Waals surface area contributed by atoms with Crippen LogP contribution in [0, 0.1) is 13.8 Å².